The van der Waals surface area contributed by atoms with Crippen LogP contribution in [0.1, 0.15) is 232 Å². The lowest BCUT2D eigenvalue weighted by Gasteiger charge is -2.41. The second kappa shape index (κ2) is 42.9. The average molecular weight is 933 g/mol. The van der Waals surface area contributed by atoms with Gasteiger partial charge in [0.15, 0.2) is 6.29 Å². The number of aliphatic hydroxyl groups is 3. The molecule has 1 rings (SSSR count). The van der Waals surface area contributed by atoms with Crippen LogP contribution in [0.3, 0.4) is 0 Å². The van der Waals surface area contributed by atoms with Gasteiger partial charge in [0, 0.05) is 13.0 Å². The molecule has 1 heterocycles. The number of allylic oxidation sites excluding steroid dienone is 4. The number of carbonyl (C=O) groups is 1. The van der Waals surface area contributed by atoms with Crippen molar-refractivity contribution in [3.63, 3.8) is 0 Å². The van der Waals surface area contributed by atoms with E-state index in [0.29, 0.717) is 13.0 Å². The first-order valence-corrected chi connectivity index (χ1v) is 27.5. The van der Waals surface area contributed by atoms with Crippen molar-refractivity contribution in [2.75, 3.05) is 26.4 Å². The molecule has 0 bridgehead atoms. The SMILES string of the molecule is CCCCCC/C=C\C/C=C\CCCCCCCC(=O)OC(COCCCCCCCCCCCCCCCCCCCCCCC)COC1OC(CO)C(O)C(OS(=O)(=O)O)C1O. The number of hydrogen-bond donors (Lipinski definition) is 4. The third kappa shape index (κ3) is 35.7. The first kappa shape index (κ1) is 60.6. The number of ether oxygens (including phenoxy) is 4. The maximum atomic E-state index is 12.9. The number of rotatable bonds is 46. The fourth-order valence-corrected chi connectivity index (χ4v) is 8.62. The van der Waals surface area contributed by atoms with Gasteiger partial charge in [0.2, 0.25) is 0 Å². The molecule has 0 spiro atoms. The summed E-state index contributed by atoms with van der Waals surface area (Å²) in [6.45, 7) is 4.00. The largest absolute Gasteiger partial charge is 0.457 e. The molecule has 6 atom stereocenters. The lowest BCUT2D eigenvalue weighted by atomic mass is 9.99. The van der Waals surface area contributed by atoms with Crippen molar-refractivity contribution in [2.24, 2.45) is 0 Å². The summed E-state index contributed by atoms with van der Waals surface area (Å²) in [6, 6.07) is 0. The Morgan fingerprint density at radius 3 is 1.50 bits per heavy atom. The molecule has 0 amide bonds. The van der Waals surface area contributed by atoms with Crippen LogP contribution < -0.4 is 0 Å². The lowest BCUT2D eigenvalue weighted by Crippen LogP contribution is -2.60. The van der Waals surface area contributed by atoms with E-state index in [2.05, 4.69) is 42.3 Å². The molecule has 1 saturated heterocycles. The highest BCUT2D eigenvalue weighted by Crippen LogP contribution is 2.26. The summed E-state index contributed by atoms with van der Waals surface area (Å²) in [7, 11) is -5.06. The topological polar surface area (TPSA) is 178 Å². The summed E-state index contributed by atoms with van der Waals surface area (Å²) in [5.74, 6) is -0.408. The van der Waals surface area contributed by atoms with Crippen molar-refractivity contribution in [2.45, 2.75) is 269 Å². The molecular formula is C51H96O12S. The maximum absolute atomic E-state index is 12.9. The second-order valence-corrected chi connectivity index (χ2v) is 19.2. The van der Waals surface area contributed by atoms with E-state index in [4.69, 9.17) is 18.9 Å². The van der Waals surface area contributed by atoms with E-state index in [1.165, 1.54) is 148 Å². The average Bonchev–Trinajstić information content (AvgIpc) is 3.27. The third-order valence-electron chi connectivity index (χ3n) is 12.1. The Hall–Kier alpha value is -1.42. The molecule has 13 heteroatoms. The summed E-state index contributed by atoms with van der Waals surface area (Å²) in [6.07, 6.45) is 40.7. The molecular weight excluding hydrogens is 837 g/mol. The minimum Gasteiger partial charge on any atom is -0.457 e. The molecule has 0 aromatic carbocycles. The molecule has 0 aromatic rings. The summed E-state index contributed by atoms with van der Waals surface area (Å²) in [4.78, 5) is 12.9. The first-order valence-electron chi connectivity index (χ1n) is 26.1. The summed E-state index contributed by atoms with van der Waals surface area (Å²) >= 11 is 0. The molecule has 1 aliphatic heterocycles. The van der Waals surface area contributed by atoms with Gasteiger partial charge in [-0.15, -0.1) is 0 Å². The molecule has 378 valence electrons. The molecule has 0 radical (unpaired) electrons. The Balaban J connectivity index is 2.34. The van der Waals surface area contributed by atoms with Crippen LogP contribution in [0, 0.1) is 0 Å². The van der Waals surface area contributed by atoms with Gasteiger partial charge in [0.05, 0.1) is 19.8 Å². The van der Waals surface area contributed by atoms with Crippen LogP contribution in [0.4, 0.5) is 0 Å². The fraction of sp³-hybridized carbons (Fsp3) is 0.902. The van der Waals surface area contributed by atoms with Gasteiger partial charge in [0.1, 0.15) is 30.5 Å². The van der Waals surface area contributed by atoms with Gasteiger partial charge in [-0.25, -0.2) is 4.18 Å². The van der Waals surface area contributed by atoms with Crippen LogP contribution in [-0.4, -0.2) is 97.5 Å². The fourth-order valence-electron chi connectivity index (χ4n) is 8.12. The lowest BCUT2D eigenvalue weighted by molar-refractivity contribution is -0.301. The summed E-state index contributed by atoms with van der Waals surface area (Å²) in [5, 5.41) is 30.7. The summed E-state index contributed by atoms with van der Waals surface area (Å²) < 4.78 is 59.2. The van der Waals surface area contributed by atoms with Gasteiger partial charge in [-0.3, -0.25) is 9.35 Å². The highest BCUT2D eigenvalue weighted by Gasteiger charge is 2.48. The molecule has 4 N–H and O–H groups in total. The molecule has 0 saturated carbocycles. The minimum atomic E-state index is -5.06. The first-order chi connectivity index (χ1) is 31.1. The van der Waals surface area contributed by atoms with Gasteiger partial charge in [-0.1, -0.05) is 205 Å². The highest BCUT2D eigenvalue weighted by atomic mass is 32.3. The maximum Gasteiger partial charge on any atom is 0.397 e. The van der Waals surface area contributed by atoms with Crippen LogP contribution >= 0.6 is 0 Å². The van der Waals surface area contributed by atoms with Crippen molar-refractivity contribution in [3.05, 3.63) is 24.3 Å². The smallest absolute Gasteiger partial charge is 0.397 e. The van der Waals surface area contributed by atoms with Gasteiger partial charge in [-0.05, 0) is 44.9 Å². The number of aliphatic hydroxyl groups excluding tert-OH is 3. The Morgan fingerprint density at radius 1 is 0.594 bits per heavy atom. The quantitative estimate of drug-likeness (QED) is 0.0197. The Kier molecular flexibility index (Phi) is 40.6. The molecule has 0 aliphatic carbocycles. The number of carbonyl (C=O) groups excluding carboxylic acids is 1. The zero-order chi connectivity index (χ0) is 46.8. The van der Waals surface area contributed by atoms with E-state index in [-0.39, 0.29) is 19.6 Å². The van der Waals surface area contributed by atoms with Crippen LogP contribution in [0.5, 0.6) is 0 Å². The zero-order valence-corrected chi connectivity index (χ0v) is 41.4. The predicted molar refractivity (Wildman–Crippen MR) is 257 cm³/mol. The van der Waals surface area contributed by atoms with Crippen molar-refractivity contribution in [1.82, 2.24) is 0 Å². The Labute approximate surface area is 391 Å². The van der Waals surface area contributed by atoms with Gasteiger partial charge >= 0.3 is 16.4 Å². The molecule has 6 unspecified atom stereocenters. The van der Waals surface area contributed by atoms with Crippen molar-refractivity contribution in [1.29, 1.82) is 0 Å². The molecule has 1 aliphatic rings. The molecule has 0 aromatic heterocycles. The number of hydrogen-bond acceptors (Lipinski definition) is 11. The van der Waals surface area contributed by atoms with Gasteiger partial charge < -0.3 is 34.3 Å². The standard InChI is InChI=1S/C51H96O12S/c1-3-5-7-9-11-13-15-17-19-21-22-23-24-25-27-29-31-33-35-37-39-41-59-43-45(44-60-51-49(55)50(63-64(56,57)58)48(54)46(42-52)62-51)61-47(53)40-38-36-34-32-30-28-26-20-18-16-14-12-10-8-6-4-2/h14,16,20,26,45-46,48-52,54-55H,3-13,15,17-19,21-25,27-44H2,1-2H3,(H,56,57,58)/b16-14-,26-20-. The van der Waals surface area contributed by atoms with Crippen LogP contribution in [-0.2, 0) is 38.3 Å². The van der Waals surface area contributed by atoms with Gasteiger partial charge in [0.25, 0.3) is 0 Å². The van der Waals surface area contributed by atoms with Crippen LogP contribution in [0.25, 0.3) is 0 Å². The summed E-state index contributed by atoms with van der Waals surface area (Å²) in [5.41, 5.74) is 0. The van der Waals surface area contributed by atoms with Crippen LogP contribution in [0.2, 0.25) is 0 Å². The number of esters is 1. The predicted octanol–water partition coefficient (Wildman–Crippen LogP) is 12.0. The van der Waals surface area contributed by atoms with E-state index in [1.807, 2.05) is 0 Å². The van der Waals surface area contributed by atoms with E-state index in [1.54, 1.807) is 0 Å². The van der Waals surface area contributed by atoms with E-state index in [0.717, 1.165) is 57.8 Å². The van der Waals surface area contributed by atoms with Crippen LogP contribution in [0.15, 0.2) is 24.3 Å². The zero-order valence-electron chi connectivity index (χ0n) is 40.6. The Bertz CT molecular complexity index is 1210. The Morgan fingerprint density at radius 2 is 1.03 bits per heavy atom. The normalized spacial score (nSPS) is 19.9. The molecule has 12 nitrogen and oxygen atoms in total. The minimum absolute atomic E-state index is 0.0347. The van der Waals surface area contributed by atoms with Crippen molar-refractivity contribution in [3.8, 4) is 0 Å². The second-order valence-electron chi connectivity index (χ2n) is 18.1. The van der Waals surface area contributed by atoms with E-state index in [9.17, 15) is 33.1 Å². The molecule has 1 fully saturated rings. The van der Waals surface area contributed by atoms with Gasteiger partial charge in [-0.2, -0.15) is 8.42 Å². The third-order valence-corrected chi connectivity index (χ3v) is 12.5. The van der Waals surface area contributed by atoms with E-state index < -0.39 is 59.8 Å². The number of unbranched alkanes of at least 4 members (excludes halogenated alkanes) is 29. The highest BCUT2D eigenvalue weighted by molar-refractivity contribution is 7.80. The van der Waals surface area contributed by atoms with Crippen molar-refractivity contribution >= 4 is 16.4 Å². The van der Waals surface area contributed by atoms with Crippen molar-refractivity contribution < 1.29 is 56.2 Å². The monoisotopic (exact) mass is 933 g/mol. The van der Waals surface area contributed by atoms with E-state index >= 15 is 0 Å². The molecule has 64 heavy (non-hydrogen) atoms.